The number of benzene rings is 2. The summed E-state index contributed by atoms with van der Waals surface area (Å²) in [6.45, 7) is 0.492. The van der Waals surface area contributed by atoms with Crippen molar-refractivity contribution in [2.24, 2.45) is 0 Å². The van der Waals surface area contributed by atoms with E-state index in [1.807, 2.05) is 48.5 Å². The van der Waals surface area contributed by atoms with Crippen LogP contribution in [0, 0.1) is 0 Å². The van der Waals surface area contributed by atoms with Crippen LogP contribution in [0.5, 0.6) is 0 Å². The van der Waals surface area contributed by atoms with Gasteiger partial charge in [-0.1, -0.05) is 42.5 Å². The highest BCUT2D eigenvalue weighted by atomic mass is 16.3. The number of aliphatic hydroxyl groups excluding tert-OH is 1. The number of aromatic amines is 1. The molecular formula is C17H16N2O2. The molecule has 3 aromatic rings. The molecule has 3 rings (SSSR count). The molecule has 0 atom stereocenters. The van der Waals surface area contributed by atoms with Gasteiger partial charge in [-0.3, -0.25) is 4.79 Å². The molecule has 0 unspecified atom stereocenters. The number of amides is 1. The van der Waals surface area contributed by atoms with Gasteiger partial charge in [-0.25, -0.2) is 0 Å². The van der Waals surface area contributed by atoms with Crippen LogP contribution in [0.4, 0.5) is 0 Å². The Morgan fingerprint density at radius 1 is 1.05 bits per heavy atom. The molecule has 2 aromatic carbocycles. The van der Waals surface area contributed by atoms with Crippen molar-refractivity contribution in [3.63, 3.8) is 0 Å². The van der Waals surface area contributed by atoms with E-state index in [1.54, 1.807) is 6.20 Å². The Hall–Kier alpha value is -2.59. The Bertz CT molecular complexity index is 760. The maximum atomic E-state index is 12.2. The fourth-order valence-electron chi connectivity index (χ4n) is 2.30. The summed E-state index contributed by atoms with van der Waals surface area (Å²) in [6.07, 6.45) is 1.73. The first kappa shape index (κ1) is 13.4. The van der Waals surface area contributed by atoms with E-state index in [4.69, 9.17) is 5.11 Å². The molecule has 3 N–H and O–H groups in total. The molecule has 4 heteroatoms. The molecule has 21 heavy (non-hydrogen) atoms. The van der Waals surface area contributed by atoms with E-state index in [-0.39, 0.29) is 12.5 Å². The zero-order valence-corrected chi connectivity index (χ0v) is 11.5. The number of aliphatic hydroxyl groups is 1. The van der Waals surface area contributed by atoms with Gasteiger partial charge in [0.15, 0.2) is 0 Å². The van der Waals surface area contributed by atoms with Gasteiger partial charge >= 0.3 is 0 Å². The minimum atomic E-state index is -0.0984. The largest absolute Gasteiger partial charge is 0.392 e. The maximum absolute atomic E-state index is 12.2. The molecule has 1 aromatic heterocycles. The summed E-state index contributed by atoms with van der Waals surface area (Å²) in [5.41, 5.74) is 3.47. The van der Waals surface area contributed by atoms with Crippen LogP contribution in [0.2, 0.25) is 0 Å². The lowest BCUT2D eigenvalue weighted by atomic mass is 10.1. The van der Waals surface area contributed by atoms with E-state index in [0.717, 1.165) is 22.0 Å². The van der Waals surface area contributed by atoms with E-state index >= 15 is 0 Å². The van der Waals surface area contributed by atoms with Gasteiger partial charge in [0, 0.05) is 23.6 Å². The third-order valence-electron chi connectivity index (χ3n) is 3.49. The van der Waals surface area contributed by atoms with Gasteiger partial charge in [0.05, 0.1) is 12.2 Å². The van der Waals surface area contributed by atoms with Crippen molar-refractivity contribution < 1.29 is 9.90 Å². The van der Waals surface area contributed by atoms with Crippen LogP contribution >= 0.6 is 0 Å². The topological polar surface area (TPSA) is 65.1 Å². The second-order valence-electron chi connectivity index (χ2n) is 4.91. The lowest BCUT2D eigenvalue weighted by Gasteiger charge is -2.05. The Morgan fingerprint density at radius 3 is 2.52 bits per heavy atom. The molecule has 0 saturated heterocycles. The van der Waals surface area contributed by atoms with Crippen molar-refractivity contribution >= 4 is 16.8 Å². The molecule has 0 bridgehead atoms. The van der Waals surface area contributed by atoms with Crippen LogP contribution in [0.3, 0.4) is 0 Å². The number of nitrogens with one attached hydrogen (secondary N) is 2. The highest BCUT2D eigenvalue weighted by Gasteiger charge is 2.10. The van der Waals surface area contributed by atoms with Gasteiger partial charge in [-0.15, -0.1) is 0 Å². The predicted molar refractivity (Wildman–Crippen MR) is 81.8 cm³/mol. The van der Waals surface area contributed by atoms with Crippen LogP contribution in [0.25, 0.3) is 10.9 Å². The average molecular weight is 280 g/mol. The van der Waals surface area contributed by atoms with E-state index < -0.39 is 0 Å². The Morgan fingerprint density at radius 2 is 1.76 bits per heavy atom. The molecule has 0 radical (unpaired) electrons. The molecule has 106 valence electrons. The van der Waals surface area contributed by atoms with Crippen molar-refractivity contribution in [1.82, 2.24) is 10.3 Å². The lowest BCUT2D eigenvalue weighted by Crippen LogP contribution is -2.22. The summed E-state index contributed by atoms with van der Waals surface area (Å²) in [5.74, 6) is -0.0984. The van der Waals surface area contributed by atoms with E-state index in [1.165, 1.54) is 0 Å². The van der Waals surface area contributed by atoms with E-state index in [9.17, 15) is 4.79 Å². The molecule has 0 aliphatic rings. The molecule has 1 heterocycles. The third-order valence-corrected chi connectivity index (χ3v) is 3.49. The van der Waals surface area contributed by atoms with Crippen molar-refractivity contribution in [3.05, 3.63) is 71.4 Å². The van der Waals surface area contributed by atoms with Crippen LogP contribution in [0.15, 0.2) is 54.7 Å². The standard InChI is InChI=1S/C17H16N2O2/c20-11-13-7-5-12(6-8-13)9-19-17(21)15-10-18-16-4-2-1-3-14(15)16/h1-8,10,18,20H,9,11H2,(H,19,21). The maximum Gasteiger partial charge on any atom is 0.253 e. The summed E-state index contributed by atoms with van der Waals surface area (Å²) in [5, 5.41) is 12.8. The number of aromatic nitrogens is 1. The van der Waals surface area contributed by atoms with E-state index in [0.29, 0.717) is 12.1 Å². The van der Waals surface area contributed by atoms with Gasteiger partial charge in [-0.2, -0.15) is 0 Å². The van der Waals surface area contributed by atoms with Crippen LogP contribution in [-0.4, -0.2) is 16.0 Å². The summed E-state index contributed by atoms with van der Waals surface area (Å²) in [6, 6.07) is 15.2. The van der Waals surface area contributed by atoms with Gasteiger partial charge < -0.3 is 15.4 Å². The highest BCUT2D eigenvalue weighted by molar-refractivity contribution is 6.06. The van der Waals surface area contributed by atoms with Crippen molar-refractivity contribution in [1.29, 1.82) is 0 Å². The molecule has 0 aliphatic carbocycles. The minimum Gasteiger partial charge on any atom is -0.392 e. The van der Waals surface area contributed by atoms with Gasteiger partial charge in [-0.05, 0) is 17.2 Å². The zero-order valence-electron chi connectivity index (χ0n) is 11.5. The number of para-hydroxylation sites is 1. The van der Waals surface area contributed by atoms with Gasteiger partial charge in [0.1, 0.15) is 0 Å². The van der Waals surface area contributed by atoms with Gasteiger partial charge in [0.25, 0.3) is 5.91 Å². The summed E-state index contributed by atoms with van der Waals surface area (Å²) < 4.78 is 0. The number of carbonyl (C=O) groups excluding carboxylic acids is 1. The van der Waals surface area contributed by atoms with Crippen LogP contribution in [0.1, 0.15) is 21.5 Å². The smallest absolute Gasteiger partial charge is 0.253 e. The number of hydrogen-bond donors (Lipinski definition) is 3. The number of hydrogen-bond acceptors (Lipinski definition) is 2. The van der Waals surface area contributed by atoms with E-state index in [2.05, 4.69) is 10.3 Å². The molecule has 0 spiro atoms. The first-order valence-electron chi connectivity index (χ1n) is 6.81. The quantitative estimate of drug-likeness (QED) is 0.687. The minimum absolute atomic E-state index is 0.0297. The van der Waals surface area contributed by atoms with Crippen LogP contribution in [-0.2, 0) is 13.2 Å². The van der Waals surface area contributed by atoms with Crippen molar-refractivity contribution in [2.45, 2.75) is 13.2 Å². The average Bonchev–Trinajstić information content (AvgIpc) is 2.97. The number of carbonyl (C=O) groups is 1. The Kier molecular flexibility index (Phi) is 3.71. The first-order chi connectivity index (χ1) is 10.3. The Labute approximate surface area is 122 Å². The second kappa shape index (κ2) is 5.81. The fraction of sp³-hybridized carbons (Fsp3) is 0.118. The molecule has 4 nitrogen and oxygen atoms in total. The number of fused-ring (bicyclic) bond motifs is 1. The lowest BCUT2D eigenvalue weighted by molar-refractivity contribution is 0.0952. The number of H-pyrrole nitrogens is 1. The SMILES string of the molecule is O=C(NCc1ccc(CO)cc1)c1c[nH]c2ccccc12. The second-order valence-corrected chi connectivity index (χ2v) is 4.91. The predicted octanol–water partition coefficient (Wildman–Crippen LogP) is 2.59. The van der Waals surface area contributed by atoms with Crippen LogP contribution < -0.4 is 5.32 Å². The van der Waals surface area contributed by atoms with Crippen molar-refractivity contribution in [3.8, 4) is 0 Å². The number of rotatable bonds is 4. The summed E-state index contributed by atoms with van der Waals surface area (Å²) in [4.78, 5) is 15.3. The molecule has 0 fully saturated rings. The molecule has 0 aliphatic heterocycles. The monoisotopic (exact) mass is 280 g/mol. The summed E-state index contributed by atoms with van der Waals surface area (Å²) >= 11 is 0. The normalized spacial score (nSPS) is 10.7. The molecule has 0 saturated carbocycles. The molecule has 1 amide bonds. The third kappa shape index (κ3) is 2.80. The Balaban J connectivity index is 1.71. The zero-order chi connectivity index (χ0) is 14.7. The van der Waals surface area contributed by atoms with Gasteiger partial charge in [0.2, 0.25) is 0 Å². The fourth-order valence-corrected chi connectivity index (χ4v) is 2.30. The first-order valence-corrected chi connectivity index (χ1v) is 6.81. The molecular weight excluding hydrogens is 264 g/mol. The summed E-state index contributed by atoms with van der Waals surface area (Å²) in [7, 11) is 0. The van der Waals surface area contributed by atoms with Crippen molar-refractivity contribution in [2.75, 3.05) is 0 Å². The highest BCUT2D eigenvalue weighted by Crippen LogP contribution is 2.17.